The normalized spacial score (nSPS) is 9.04. The molecule has 0 atom stereocenters. The van der Waals surface area contributed by atoms with E-state index in [9.17, 15) is 9.59 Å². The molecule has 25 heavy (non-hydrogen) atoms. The molecule has 0 bridgehead atoms. The molecule has 4 nitrogen and oxygen atoms in total. The van der Waals surface area contributed by atoms with Gasteiger partial charge in [-0.05, 0) is 38.1 Å². The largest absolute Gasteiger partial charge is 2.00 e. The Labute approximate surface area is 173 Å². The first-order chi connectivity index (χ1) is 11.5. The van der Waals surface area contributed by atoms with Gasteiger partial charge in [-0.1, -0.05) is 36.4 Å². The predicted molar refractivity (Wildman–Crippen MR) is 104 cm³/mol. The van der Waals surface area contributed by atoms with E-state index in [0.717, 1.165) is 11.4 Å². The summed E-state index contributed by atoms with van der Waals surface area (Å²) in [4.78, 5) is 24.9. The van der Waals surface area contributed by atoms with Crippen molar-refractivity contribution in [1.29, 1.82) is 0 Å². The fourth-order valence-corrected chi connectivity index (χ4v) is 2.52. The van der Waals surface area contributed by atoms with Crippen molar-refractivity contribution in [3.8, 4) is 0 Å². The summed E-state index contributed by atoms with van der Waals surface area (Å²) in [6.45, 7) is 5.03. The number of nitrogens with zero attached hydrogens (tertiary/aromatic N) is 2. The third-order valence-electron chi connectivity index (χ3n) is 3.21. The topological polar surface area (TPSA) is 40.6 Å². The first-order valence-corrected chi connectivity index (χ1v) is 8.40. The third kappa shape index (κ3) is 7.91. The molecule has 0 saturated heterocycles. The number of carbonyl (C=O) groups is 2. The van der Waals surface area contributed by atoms with Crippen LogP contribution >= 0.6 is 0 Å². The van der Waals surface area contributed by atoms with Gasteiger partial charge in [-0.2, -0.15) is 0 Å². The van der Waals surface area contributed by atoms with Gasteiger partial charge in [0.15, 0.2) is 0 Å². The minimum Gasteiger partial charge on any atom is -0.719 e. The maximum absolute atomic E-state index is 10.9. The molecule has 0 spiro atoms. The first kappa shape index (κ1) is 23.4. The van der Waals surface area contributed by atoms with Crippen LogP contribution in [0.4, 0.5) is 21.0 Å². The molecule has 0 heterocycles. The summed E-state index contributed by atoms with van der Waals surface area (Å²) in [7, 11) is 0. The average molecular weight is 426 g/mol. The fourth-order valence-electron chi connectivity index (χ4n) is 2.05. The zero-order valence-corrected chi connectivity index (χ0v) is 19.0. The summed E-state index contributed by atoms with van der Waals surface area (Å²) in [5.41, 5.74) is 1.72. The number of benzene rings is 2. The zero-order valence-electron chi connectivity index (χ0n) is 14.4. The van der Waals surface area contributed by atoms with Gasteiger partial charge in [-0.3, -0.25) is 0 Å². The minimum absolute atomic E-state index is 0. The second-order valence-corrected chi connectivity index (χ2v) is 5.39. The number of carbonyl (C=O) groups excluding carboxylic acids is 2. The van der Waals surface area contributed by atoms with Crippen molar-refractivity contribution in [2.24, 2.45) is 0 Å². The van der Waals surface area contributed by atoms with Gasteiger partial charge in [0.1, 0.15) is 10.5 Å². The summed E-state index contributed by atoms with van der Waals surface area (Å²) >= 11 is 9.14. The summed E-state index contributed by atoms with van der Waals surface area (Å²) in [6.07, 6.45) is 0. The molecular weight excluding hydrogens is 406 g/mol. The van der Waals surface area contributed by atoms with Crippen LogP contribution in [0.5, 0.6) is 0 Å². The van der Waals surface area contributed by atoms with Crippen LogP contribution in [0, 0.1) is 0 Å². The molecule has 0 aliphatic rings. The van der Waals surface area contributed by atoms with Crippen LogP contribution in [0.25, 0.3) is 0 Å². The van der Waals surface area contributed by atoms with Crippen molar-refractivity contribution in [2.45, 2.75) is 13.8 Å². The summed E-state index contributed by atoms with van der Waals surface area (Å²) in [5, 5.41) is -0.660. The number of rotatable bonds is 4. The molecule has 0 aromatic heterocycles. The van der Waals surface area contributed by atoms with Gasteiger partial charge in [0.05, 0.1) is 0 Å². The predicted octanol–water partition coefficient (Wildman–Crippen LogP) is 4.36. The van der Waals surface area contributed by atoms with E-state index in [1.165, 1.54) is 0 Å². The van der Waals surface area contributed by atoms with Crippen LogP contribution in [0.15, 0.2) is 60.7 Å². The standard InChI is InChI=1S/2C9H11NOS.Zn/c2*1-2-10(9(11)12)8-6-4-3-5-7-8;/h2*3-7H,2H2,1H3,(H,11,12);/q;;+2/p-2. The number of anilines is 2. The Morgan fingerprint density at radius 3 is 1.20 bits per heavy atom. The molecule has 0 aliphatic carbocycles. The summed E-state index contributed by atoms with van der Waals surface area (Å²) in [5.74, 6) is 0. The molecule has 2 aromatic carbocycles. The number of hydrogen-bond acceptors (Lipinski definition) is 4. The molecule has 2 aromatic rings. The first-order valence-electron chi connectivity index (χ1n) is 7.58. The molecule has 0 fully saturated rings. The Morgan fingerprint density at radius 2 is 1.00 bits per heavy atom. The number of para-hydroxylation sites is 2. The maximum Gasteiger partial charge on any atom is 2.00 e. The number of amides is 2. The van der Waals surface area contributed by atoms with E-state index < -0.39 is 0 Å². The molecule has 2 rings (SSSR count). The van der Waals surface area contributed by atoms with Gasteiger partial charge in [-0.25, -0.2) is 0 Å². The molecule has 0 unspecified atom stereocenters. The van der Waals surface area contributed by atoms with Crippen molar-refractivity contribution < 1.29 is 29.1 Å². The quantitative estimate of drug-likeness (QED) is 0.539. The summed E-state index contributed by atoms with van der Waals surface area (Å²) in [6, 6.07) is 18.8. The van der Waals surface area contributed by atoms with Crippen LogP contribution < -0.4 is 9.80 Å². The molecule has 128 valence electrons. The molecule has 0 N–H and O–H groups in total. The van der Waals surface area contributed by atoms with Gasteiger partial charge in [0.25, 0.3) is 0 Å². The van der Waals surface area contributed by atoms with E-state index in [4.69, 9.17) is 0 Å². The van der Waals surface area contributed by atoms with E-state index in [1.807, 2.05) is 74.5 Å². The Balaban J connectivity index is 0.000000443. The van der Waals surface area contributed by atoms with Crippen molar-refractivity contribution in [1.82, 2.24) is 0 Å². The molecule has 0 aliphatic heterocycles. The molecule has 0 radical (unpaired) electrons. The monoisotopic (exact) mass is 424 g/mol. The van der Waals surface area contributed by atoms with Crippen molar-refractivity contribution >= 4 is 47.1 Å². The third-order valence-corrected chi connectivity index (χ3v) is 3.65. The van der Waals surface area contributed by atoms with Crippen LogP contribution in [0.1, 0.15) is 13.8 Å². The van der Waals surface area contributed by atoms with Gasteiger partial charge in [-0.15, -0.1) is 0 Å². The second-order valence-electron chi connectivity index (χ2n) is 4.69. The van der Waals surface area contributed by atoms with E-state index in [-0.39, 0.29) is 30.0 Å². The smallest absolute Gasteiger partial charge is 0.719 e. The van der Waals surface area contributed by atoms with Crippen molar-refractivity contribution in [3.63, 3.8) is 0 Å². The van der Waals surface area contributed by atoms with Gasteiger partial charge >= 0.3 is 19.5 Å². The van der Waals surface area contributed by atoms with Crippen LogP contribution in [0.3, 0.4) is 0 Å². The van der Waals surface area contributed by atoms with Crippen LogP contribution in [0.2, 0.25) is 0 Å². The zero-order chi connectivity index (χ0) is 17.9. The Hall–Kier alpha value is -1.56. The van der Waals surface area contributed by atoms with Crippen LogP contribution in [-0.2, 0) is 44.7 Å². The van der Waals surface area contributed by atoms with E-state index in [0.29, 0.717) is 13.1 Å². The fraction of sp³-hybridized carbons (Fsp3) is 0.222. The van der Waals surface area contributed by atoms with Gasteiger partial charge in [0, 0.05) is 24.5 Å². The maximum atomic E-state index is 10.9. The van der Waals surface area contributed by atoms with Gasteiger partial charge < -0.3 is 44.6 Å². The van der Waals surface area contributed by atoms with Gasteiger partial charge in [0.2, 0.25) is 0 Å². The van der Waals surface area contributed by atoms with E-state index in [1.54, 1.807) is 9.80 Å². The molecule has 0 saturated carbocycles. The molecule has 2 amide bonds. The Bertz CT molecular complexity index is 585. The van der Waals surface area contributed by atoms with Crippen molar-refractivity contribution in [2.75, 3.05) is 22.9 Å². The Morgan fingerprint density at radius 1 is 0.720 bits per heavy atom. The molecule has 7 heteroatoms. The van der Waals surface area contributed by atoms with E-state index in [2.05, 4.69) is 25.3 Å². The van der Waals surface area contributed by atoms with Crippen LogP contribution in [-0.4, -0.2) is 23.6 Å². The van der Waals surface area contributed by atoms with Crippen molar-refractivity contribution in [3.05, 3.63) is 60.7 Å². The molecular formula is C18H20N2O2S2Zn. The SMILES string of the molecule is CCN(C(=O)[S-])c1ccccc1.CCN(C(=O)[S-])c1ccccc1.[Zn+2]. The minimum atomic E-state index is -0.330. The number of hydrogen-bond donors (Lipinski definition) is 0. The van der Waals surface area contributed by atoms with E-state index >= 15 is 0 Å². The average Bonchev–Trinajstić information content (AvgIpc) is 2.58. The second kappa shape index (κ2) is 12.8. The summed E-state index contributed by atoms with van der Waals surface area (Å²) < 4.78 is 0. The Kier molecular flexibility index (Phi) is 12.0.